The SMILES string of the molecule is CCOc1cc([C@H]2C(C(=O)OCCOC)=C(C)NC3=C2C(=O)C[C@H](c2ccc(OC)c(OC)c2)C3)ccc1O. The zero-order valence-electron chi connectivity index (χ0n) is 23.0. The highest BCUT2D eigenvalue weighted by Gasteiger charge is 2.41. The first-order valence-electron chi connectivity index (χ1n) is 12.9. The molecule has 9 nitrogen and oxygen atoms in total. The average Bonchev–Trinajstić information content (AvgIpc) is 2.93. The highest BCUT2D eigenvalue weighted by Crippen LogP contribution is 2.47. The Labute approximate surface area is 228 Å². The summed E-state index contributed by atoms with van der Waals surface area (Å²) in [6, 6.07) is 10.6. The molecule has 0 bridgehead atoms. The van der Waals surface area contributed by atoms with Crippen LogP contribution in [0, 0.1) is 0 Å². The van der Waals surface area contributed by atoms with Crippen LogP contribution in [0.2, 0.25) is 0 Å². The Balaban J connectivity index is 1.77. The second-order valence-electron chi connectivity index (χ2n) is 9.42. The summed E-state index contributed by atoms with van der Waals surface area (Å²) in [4.78, 5) is 27.2. The van der Waals surface area contributed by atoms with Crippen LogP contribution in [0.1, 0.15) is 49.7 Å². The van der Waals surface area contributed by atoms with Gasteiger partial charge in [0.15, 0.2) is 28.8 Å². The zero-order chi connectivity index (χ0) is 28.1. The number of nitrogens with one attached hydrogen (secondary N) is 1. The molecule has 4 rings (SSSR count). The molecule has 0 spiro atoms. The molecule has 9 heteroatoms. The Hall–Kier alpha value is -3.98. The van der Waals surface area contributed by atoms with Crippen molar-refractivity contribution in [3.05, 3.63) is 70.1 Å². The van der Waals surface area contributed by atoms with Crippen LogP contribution in [0.15, 0.2) is 58.9 Å². The van der Waals surface area contributed by atoms with E-state index in [9.17, 15) is 14.7 Å². The van der Waals surface area contributed by atoms with Gasteiger partial charge in [-0.05, 0) is 61.6 Å². The van der Waals surface area contributed by atoms with Crippen molar-refractivity contribution >= 4 is 11.8 Å². The van der Waals surface area contributed by atoms with Gasteiger partial charge in [-0.15, -0.1) is 0 Å². The minimum Gasteiger partial charge on any atom is -0.504 e. The van der Waals surface area contributed by atoms with Gasteiger partial charge in [0.1, 0.15) is 6.61 Å². The second kappa shape index (κ2) is 12.3. The number of ketones is 1. The maximum Gasteiger partial charge on any atom is 0.336 e. The molecule has 2 aromatic rings. The second-order valence-corrected chi connectivity index (χ2v) is 9.42. The lowest BCUT2D eigenvalue weighted by molar-refractivity contribution is -0.140. The maximum atomic E-state index is 13.9. The predicted octanol–water partition coefficient (Wildman–Crippen LogP) is 4.36. The molecule has 0 radical (unpaired) electrons. The summed E-state index contributed by atoms with van der Waals surface area (Å²) in [5, 5.41) is 13.6. The first kappa shape index (κ1) is 28.0. The largest absolute Gasteiger partial charge is 0.504 e. The van der Waals surface area contributed by atoms with E-state index in [1.165, 1.54) is 13.2 Å². The predicted molar refractivity (Wildman–Crippen MR) is 144 cm³/mol. The molecule has 0 amide bonds. The molecule has 208 valence electrons. The van der Waals surface area contributed by atoms with Crippen LogP contribution in [0.5, 0.6) is 23.0 Å². The number of benzene rings is 2. The van der Waals surface area contributed by atoms with Crippen molar-refractivity contribution in [2.75, 3.05) is 41.2 Å². The van der Waals surface area contributed by atoms with E-state index in [1.54, 1.807) is 33.3 Å². The van der Waals surface area contributed by atoms with E-state index in [0.29, 0.717) is 46.9 Å². The van der Waals surface area contributed by atoms with Crippen LogP contribution < -0.4 is 19.5 Å². The number of phenols is 1. The molecule has 39 heavy (non-hydrogen) atoms. The van der Waals surface area contributed by atoms with Crippen molar-refractivity contribution in [1.29, 1.82) is 0 Å². The van der Waals surface area contributed by atoms with Gasteiger partial charge in [0.2, 0.25) is 0 Å². The maximum absolute atomic E-state index is 13.9. The molecular formula is C30H35NO8. The van der Waals surface area contributed by atoms with Crippen molar-refractivity contribution in [3.63, 3.8) is 0 Å². The Morgan fingerprint density at radius 1 is 0.974 bits per heavy atom. The number of esters is 1. The summed E-state index contributed by atoms with van der Waals surface area (Å²) >= 11 is 0. The monoisotopic (exact) mass is 537 g/mol. The minimum absolute atomic E-state index is 0.0165. The normalized spacial score (nSPS) is 18.8. The van der Waals surface area contributed by atoms with Gasteiger partial charge in [-0.2, -0.15) is 0 Å². The Morgan fingerprint density at radius 2 is 1.69 bits per heavy atom. The summed E-state index contributed by atoms with van der Waals surface area (Å²) < 4.78 is 27.0. The number of dihydropyridines is 1. The van der Waals surface area contributed by atoms with E-state index in [2.05, 4.69) is 5.32 Å². The average molecular weight is 538 g/mol. The number of phenolic OH excluding ortho intramolecular Hbond substituents is 1. The molecule has 0 saturated carbocycles. The molecule has 2 aromatic carbocycles. The topological polar surface area (TPSA) is 113 Å². The van der Waals surface area contributed by atoms with Gasteiger partial charge in [-0.3, -0.25) is 4.79 Å². The summed E-state index contributed by atoms with van der Waals surface area (Å²) in [6.07, 6.45) is 0.820. The molecule has 0 unspecified atom stereocenters. The molecular weight excluding hydrogens is 502 g/mol. The summed E-state index contributed by atoms with van der Waals surface area (Å²) in [6.45, 7) is 4.31. The first-order valence-corrected chi connectivity index (χ1v) is 12.9. The highest BCUT2D eigenvalue weighted by atomic mass is 16.6. The van der Waals surface area contributed by atoms with Gasteiger partial charge in [0.25, 0.3) is 0 Å². The Bertz CT molecular complexity index is 1310. The van der Waals surface area contributed by atoms with E-state index in [0.717, 1.165) is 11.3 Å². The fraction of sp³-hybridized carbons (Fsp3) is 0.400. The quantitative estimate of drug-likeness (QED) is 0.337. The number of carbonyl (C=O) groups is 2. The number of carbonyl (C=O) groups excluding carboxylic acids is 2. The van der Waals surface area contributed by atoms with Gasteiger partial charge in [-0.25, -0.2) is 4.79 Å². The van der Waals surface area contributed by atoms with Crippen molar-refractivity contribution in [2.45, 2.75) is 38.5 Å². The molecule has 0 aromatic heterocycles. The summed E-state index contributed by atoms with van der Waals surface area (Å²) in [5.41, 5.74) is 3.84. The molecule has 1 heterocycles. The molecule has 0 saturated heterocycles. The number of rotatable bonds is 10. The highest BCUT2D eigenvalue weighted by molar-refractivity contribution is 6.04. The fourth-order valence-corrected chi connectivity index (χ4v) is 5.26. The number of hydrogen-bond donors (Lipinski definition) is 2. The number of hydrogen-bond acceptors (Lipinski definition) is 9. The Kier molecular flexibility index (Phi) is 8.81. The fourth-order valence-electron chi connectivity index (χ4n) is 5.26. The van der Waals surface area contributed by atoms with E-state index in [4.69, 9.17) is 23.7 Å². The summed E-state index contributed by atoms with van der Waals surface area (Å²) in [7, 11) is 4.69. The molecule has 1 aliphatic heterocycles. The Morgan fingerprint density at radius 3 is 2.38 bits per heavy atom. The molecule has 0 fully saturated rings. The van der Waals surface area contributed by atoms with Crippen molar-refractivity contribution in [2.24, 2.45) is 0 Å². The van der Waals surface area contributed by atoms with Crippen LogP contribution in [0.4, 0.5) is 0 Å². The third kappa shape index (κ3) is 5.73. The molecule has 2 atom stereocenters. The van der Waals surface area contributed by atoms with Gasteiger partial charge in [-0.1, -0.05) is 12.1 Å². The van der Waals surface area contributed by atoms with Crippen LogP contribution in [0.3, 0.4) is 0 Å². The first-order chi connectivity index (χ1) is 18.8. The number of allylic oxidation sites excluding steroid dienone is 3. The lowest BCUT2D eigenvalue weighted by atomic mass is 9.71. The number of ether oxygens (including phenoxy) is 5. The van der Waals surface area contributed by atoms with Crippen molar-refractivity contribution < 1.29 is 38.4 Å². The lowest BCUT2D eigenvalue weighted by Gasteiger charge is -2.37. The molecule has 2 N–H and O–H groups in total. The van der Waals surface area contributed by atoms with Crippen LogP contribution in [-0.2, 0) is 19.1 Å². The molecule has 1 aliphatic carbocycles. The van der Waals surface area contributed by atoms with E-state index in [1.807, 2.05) is 25.1 Å². The zero-order valence-corrected chi connectivity index (χ0v) is 23.0. The summed E-state index contributed by atoms with van der Waals surface area (Å²) in [5.74, 6) is 0.0992. The third-order valence-corrected chi connectivity index (χ3v) is 7.06. The van der Waals surface area contributed by atoms with Gasteiger partial charge in [0, 0.05) is 36.4 Å². The number of Topliss-reactive ketones (excluding diaryl/α,β-unsaturated/α-hetero) is 1. The van der Waals surface area contributed by atoms with E-state index in [-0.39, 0.29) is 42.8 Å². The standard InChI is InChI=1S/C30H35NO8/c1-6-38-25-16-19(7-9-22(25)32)28-27(30(34)39-12-11-35-3)17(2)31-21-13-20(14-23(33)29(21)28)18-8-10-24(36-4)26(15-18)37-5/h7-10,15-16,20,28,31-32H,6,11-14H2,1-5H3/t20-,28+/m1/s1. The van der Waals surface area contributed by atoms with Crippen LogP contribution in [0.25, 0.3) is 0 Å². The van der Waals surface area contributed by atoms with E-state index >= 15 is 0 Å². The van der Waals surface area contributed by atoms with Crippen LogP contribution >= 0.6 is 0 Å². The number of aromatic hydroxyl groups is 1. The smallest absolute Gasteiger partial charge is 0.336 e. The van der Waals surface area contributed by atoms with Gasteiger partial charge >= 0.3 is 5.97 Å². The number of methoxy groups -OCH3 is 3. The van der Waals surface area contributed by atoms with Crippen molar-refractivity contribution in [1.82, 2.24) is 5.32 Å². The minimum atomic E-state index is -0.685. The van der Waals surface area contributed by atoms with Gasteiger partial charge in [0.05, 0.1) is 33.0 Å². The third-order valence-electron chi connectivity index (χ3n) is 7.06. The van der Waals surface area contributed by atoms with Crippen LogP contribution in [-0.4, -0.2) is 58.0 Å². The van der Waals surface area contributed by atoms with Crippen molar-refractivity contribution in [3.8, 4) is 23.0 Å². The van der Waals surface area contributed by atoms with Gasteiger partial charge < -0.3 is 34.1 Å². The molecule has 2 aliphatic rings. The van der Waals surface area contributed by atoms with E-state index < -0.39 is 11.9 Å². The lowest BCUT2D eigenvalue weighted by Crippen LogP contribution is -2.36.